The summed E-state index contributed by atoms with van der Waals surface area (Å²) < 4.78 is 1.32. The Hall–Kier alpha value is -2.47. The number of carbonyl (C=O) groups excluding carboxylic acids is 1. The predicted molar refractivity (Wildman–Crippen MR) is 128 cm³/mol. The zero-order chi connectivity index (χ0) is 22.7. The van der Waals surface area contributed by atoms with Crippen LogP contribution in [0.5, 0.6) is 0 Å². The van der Waals surface area contributed by atoms with Gasteiger partial charge >= 0.3 is 0 Å². The molecule has 1 saturated carbocycles. The Balaban J connectivity index is 1.54. The zero-order valence-electron chi connectivity index (χ0n) is 19.6. The van der Waals surface area contributed by atoms with Crippen LogP contribution in [0.25, 0.3) is 11.1 Å². The second-order valence-corrected chi connectivity index (χ2v) is 9.65. The topological polar surface area (TPSA) is 67.2 Å². The van der Waals surface area contributed by atoms with Crippen LogP contribution in [0, 0.1) is 0 Å². The summed E-state index contributed by atoms with van der Waals surface area (Å²) in [6, 6.07) is 10.3. The van der Waals surface area contributed by atoms with E-state index in [9.17, 15) is 9.59 Å². The number of hydrogen-bond acceptors (Lipinski definition) is 4. The Labute approximate surface area is 191 Å². The summed E-state index contributed by atoms with van der Waals surface area (Å²) in [6.45, 7) is 9.22. The minimum absolute atomic E-state index is 0.0381. The molecule has 2 aliphatic rings. The van der Waals surface area contributed by atoms with E-state index in [1.54, 1.807) is 6.07 Å². The minimum atomic E-state index is -0.229. The van der Waals surface area contributed by atoms with Gasteiger partial charge in [0.1, 0.15) is 6.54 Å². The van der Waals surface area contributed by atoms with Crippen LogP contribution in [0.15, 0.2) is 35.1 Å². The molecule has 0 radical (unpaired) electrons. The van der Waals surface area contributed by atoms with E-state index >= 15 is 0 Å². The van der Waals surface area contributed by atoms with Gasteiger partial charge in [-0.2, -0.15) is 5.10 Å². The molecule has 0 unspecified atom stereocenters. The van der Waals surface area contributed by atoms with Crippen LogP contribution < -0.4 is 10.9 Å². The molecule has 1 atom stereocenters. The van der Waals surface area contributed by atoms with Crippen molar-refractivity contribution in [3.05, 3.63) is 51.9 Å². The van der Waals surface area contributed by atoms with Crippen LogP contribution in [0.2, 0.25) is 0 Å². The molecule has 32 heavy (non-hydrogen) atoms. The maximum atomic E-state index is 12.9. The third-order valence-electron chi connectivity index (χ3n) is 6.96. The maximum Gasteiger partial charge on any atom is 0.267 e. The van der Waals surface area contributed by atoms with E-state index in [2.05, 4.69) is 60.4 Å². The van der Waals surface area contributed by atoms with E-state index in [4.69, 9.17) is 0 Å². The van der Waals surface area contributed by atoms with Crippen molar-refractivity contribution in [1.82, 2.24) is 20.0 Å². The number of likely N-dealkylation sites (N-methyl/N-ethyl adjacent to an activating group) is 1. The Bertz CT molecular complexity index is 1010. The van der Waals surface area contributed by atoms with E-state index in [0.29, 0.717) is 5.92 Å². The highest BCUT2D eigenvalue weighted by molar-refractivity contribution is 5.76. The molecule has 6 nitrogen and oxygen atoms in total. The predicted octanol–water partition coefficient (Wildman–Crippen LogP) is 3.90. The van der Waals surface area contributed by atoms with Crippen molar-refractivity contribution in [2.75, 3.05) is 19.6 Å². The van der Waals surface area contributed by atoms with Crippen LogP contribution in [0.4, 0.5) is 0 Å². The van der Waals surface area contributed by atoms with Gasteiger partial charge in [0.25, 0.3) is 5.56 Å². The molecular weight excluding hydrogens is 400 g/mol. The Morgan fingerprint density at radius 3 is 2.69 bits per heavy atom. The van der Waals surface area contributed by atoms with Crippen molar-refractivity contribution in [2.24, 2.45) is 0 Å². The molecule has 6 heteroatoms. The smallest absolute Gasteiger partial charge is 0.267 e. The Morgan fingerprint density at radius 2 is 2.00 bits per heavy atom. The highest BCUT2D eigenvalue weighted by atomic mass is 16.2. The van der Waals surface area contributed by atoms with Crippen molar-refractivity contribution in [2.45, 2.75) is 77.3 Å². The first-order chi connectivity index (χ1) is 15.4. The number of carbonyl (C=O) groups is 1. The summed E-state index contributed by atoms with van der Waals surface area (Å²) in [5.41, 5.74) is 3.90. The lowest BCUT2D eigenvalue weighted by Gasteiger charge is -2.32. The van der Waals surface area contributed by atoms with Crippen molar-refractivity contribution in [3.63, 3.8) is 0 Å². The zero-order valence-corrected chi connectivity index (χ0v) is 19.6. The maximum absolute atomic E-state index is 12.9. The fourth-order valence-electron chi connectivity index (χ4n) is 4.85. The van der Waals surface area contributed by atoms with Gasteiger partial charge in [0.2, 0.25) is 5.91 Å². The van der Waals surface area contributed by atoms with Crippen LogP contribution in [0.1, 0.15) is 76.0 Å². The average molecular weight is 437 g/mol. The van der Waals surface area contributed by atoms with Gasteiger partial charge in [0.05, 0.1) is 5.69 Å². The highest BCUT2D eigenvalue weighted by Crippen LogP contribution is 2.38. The molecular formula is C26H36N4O2. The lowest BCUT2D eigenvalue weighted by Crippen LogP contribution is -2.48. The summed E-state index contributed by atoms with van der Waals surface area (Å²) in [6.07, 6.45) is 5.85. The molecule has 0 spiro atoms. The third kappa shape index (κ3) is 5.12. The van der Waals surface area contributed by atoms with Gasteiger partial charge < -0.3 is 10.2 Å². The molecule has 0 bridgehead atoms. The lowest BCUT2D eigenvalue weighted by atomic mass is 9.79. The number of hydrogen-bond donors (Lipinski definition) is 1. The number of piperidine rings is 1. The lowest BCUT2D eigenvalue weighted by molar-refractivity contribution is -0.123. The van der Waals surface area contributed by atoms with Crippen LogP contribution in [-0.2, 0) is 11.3 Å². The van der Waals surface area contributed by atoms with Crippen molar-refractivity contribution in [3.8, 4) is 11.1 Å². The number of amides is 1. The second kappa shape index (κ2) is 9.99. The number of rotatable bonds is 7. The molecule has 1 aromatic carbocycles. The quantitative estimate of drug-likeness (QED) is 0.715. The minimum Gasteiger partial charge on any atom is -0.350 e. The molecule has 1 N–H and O–H groups in total. The average Bonchev–Trinajstić information content (AvgIpc) is 2.74. The molecule has 1 aliphatic heterocycles. The number of aromatic nitrogens is 2. The Morgan fingerprint density at radius 1 is 1.19 bits per heavy atom. The van der Waals surface area contributed by atoms with Gasteiger partial charge in [-0.3, -0.25) is 9.59 Å². The standard InChI is InChI=1S/C26H36N4O2/c1-4-29-13-7-12-22(16-29)27-24(31)17-30-25(32)15-23(26(28-30)18(2)3)21-11-6-10-20(14-21)19-8-5-9-19/h6,10-11,14-15,18-19,22H,4-5,7-9,12-13,16-17H2,1-3H3,(H,27,31)/t22-/m1/s1. The van der Waals surface area contributed by atoms with Crippen LogP contribution in [-0.4, -0.2) is 46.3 Å². The molecule has 2 fully saturated rings. The molecule has 4 rings (SSSR count). The molecule has 1 aromatic heterocycles. The van der Waals surface area contributed by atoms with Gasteiger partial charge in [-0.1, -0.05) is 51.5 Å². The van der Waals surface area contributed by atoms with Gasteiger partial charge in [0, 0.05) is 24.2 Å². The number of nitrogens with one attached hydrogen (secondary N) is 1. The number of nitrogens with zero attached hydrogens (tertiary/aromatic N) is 3. The largest absolute Gasteiger partial charge is 0.350 e. The normalized spacial score (nSPS) is 19.7. The summed E-state index contributed by atoms with van der Waals surface area (Å²) in [4.78, 5) is 28.0. The molecule has 1 saturated heterocycles. The summed E-state index contributed by atoms with van der Waals surface area (Å²) >= 11 is 0. The van der Waals surface area contributed by atoms with Gasteiger partial charge in [-0.15, -0.1) is 0 Å². The molecule has 1 aliphatic carbocycles. The number of benzene rings is 1. The van der Waals surface area contributed by atoms with E-state index < -0.39 is 0 Å². The van der Waals surface area contributed by atoms with E-state index in [-0.39, 0.29) is 30.0 Å². The van der Waals surface area contributed by atoms with Crippen LogP contribution >= 0.6 is 0 Å². The molecule has 1 amide bonds. The molecule has 172 valence electrons. The number of likely N-dealkylation sites (tertiary alicyclic amines) is 1. The van der Waals surface area contributed by atoms with E-state index in [1.807, 2.05) is 0 Å². The van der Waals surface area contributed by atoms with Gasteiger partial charge in [-0.25, -0.2) is 4.68 Å². The first kappa shape index (κ1) is 22.7. The summed E-state index contributed by atoms with van der Waals surface area (Å²) in [7, 11) is 0. The van der Waals surface area contributed by atoms with Crippen molar-refractivity contribution < 1.29 is 4.79 Å². The van der Waals surface area contributed by atoms with Crippen molar-refractivity contribution in [1.29, 1.82) is 0 Å². The first-order valence-electron chi connectivity index (χ1n) is 12.2. The van der Waals surface area contributed by atoms with E-state index in [1.165, 1.54) is 29.5 Å². The second-order valence-electron chi connectivity index (χ2n) is 9.65. The highest BCUT2D eigenvalue weighted by Gasteiger charge is 2.23. The van der Waals surface area contributed by atoms with Crippen LogP contribution in [0.3, 0.4) is 0 Å². The van der Waals surface area contributed by atoms with E-state index in [0.717, 1.165) is 49.3 Å². The fraction of sp³-hybridized carbons (Fsp3) is 0.577. The molecule has 2 heterocycles. The van der Waals surface area contributed by atoms with Gasteiger partial charge in [0.15, 0.2) is 0 Å². The summed E-state index contributed by atoms with van der Waals surface area (Å²) in [5, 5.41) is 7.76. The van der Waals surface area contributed by atoms with Gasteiger partial charge in [-0.05, 0) is 61.7 Å². The first-order valence-corrected chi connectivity index (χ1v) is 12.2. The SMILES string of the molecule is CCN1CCC[C@@H](NC(=O)Cn2nc(C(C)C)c(-c3cccc(C4CCC4)c3)cc2=O)C1. The third-order valence-corrected chi connectivity index (χ3v) is 6.96. The van der Waals surface area contributed by atoms with Crippen molar-refractivity contribution >= 4 is 5.91 Å². The molecule has 2 aromatic rings. The summed E-state index contributed by atoms with van der Waals surface area (Å²) in [5.74, 6) is 0.638. The Kier molecular flexibility index (Phi) is 7.09. The fourth-order valence-corrected chi connectivity index (χ4v) is 4.85. The monoisotopic (exact) mass is 436 g/mol.